The molecule has 4 nitrogen and oxygen atoms in total. The van der Waals surface area contributed by atoms with Crippen molar-refractivity contribution < 1.29 is 9.84 Å². The lowest BCUT2D eigenvalue weighted by atomic mass is 10.1. The number of aliphatic hydroxyl groups is 1. The Labute approximate surface area is 107 Å². The number of aromatic nitrogens is 2. The quantitative estimate of drug-likeness (QED) is 0.942. The number of ether oxygens (including phenoxy) is 1. The molecule has 1 aromatic carbocycles. The van der Waals surface area contributed by atoms with Crippen LogP contribution in [-0.4, -0.2) is 21.7 Å². The largest absolute Gasteiger partial charge is 0.438 e. The molecule has 0 aliphatic rings. The number of nitrogens with zero attached hydrogens (tertiary/aromatic N) is 2. The molecule has 1 N–H and O–H groups in total. The lowest BCUT2D eigenvalue weighted by molar-refractivity contribution is 0.299. The lowest BCUT2D eigenvalue weighted by Crippen LogP contribution is -1.92. The number of hydrogen-bond donors (Lipinski definition) is 1. The van der Waals surface area contributed by atoms with E-state index in [2.05, 4.69) is 25.9 Å². The van der Waals surface area contributed by atoms with Gasteiger partial charge in [-0.15, -0.1) is 0 Å². The minimum absolute atomic E-state index is 0.150. The molecule has 0 fully saturated rings. The van der Waals surface area contributed by atoms with Gasteiger partial charge < -0.3 is 9.84 Å². The van der Waals surface area contributed by atoms with Crippen molar-refractivity contribution in [2.24, 2.45) is 0 Å². The molecule has 0 amide bonds. The summed E-state index contributed by atoms with van der Waals surface area (Å²) < 4.78 is 6.29. The van der Waals surface area contributed by atoms with E-state index >= 15 is 0 Å². The van der Waals surface area contributed by atoms with Crippen molar-refractivity contribution in [2.45, 2.75) is 6.42 Å². The average molecular weight is 295 g/mol. The van der Waals surface area contributed by atoms with E-state index in [0.29, 0.717) is 22.5 Å². The van der Waals surface area contributed by atoms with Crippen LogP contribution in [0.15, 0.2) is 41.3 Å². The molecule has 0 bridgehead atoms. The highest BCUT2D eigenvalue weighted by Gasteiger charge is 2.03. The molecule has 1 heterocycles. The molecule has 0 saturated heterocycles. The smallest absolute Gasteiger partial charge is 0.236 e. The van der Waals surface area contributed by atoms with Gasteiger partial charge in [-0.1, -0.05) is 12.1 Å². The first kappa shape index (κ1) is 12.0. The summed E-state index contributed by atoms with van der Waals surface area (Å²) in [7, 11) is 0. The Kier molecular flexibility index (Phi) is 4.06. The Morgan fingerprint density at radius 2 is 2.00 bits per heavy atom. The van der Waals surface area contributed by atoms with Crippen LogP contribution < -0.4 is 4.74 Å². The van der Waals surface area contributed by atoms with Gasteiger partial charge in [-0.2, -0.15) is 0 Å². The molecule has 0 radical (unpaired) electrons. The normalized spacial score (nSPS) is 10.2. The summed E-state index contributed by atoms with van der Waals surface area (Å²) in [6.07, 6.45) is 3.71. The van der Waals surface area contributed by atoms with Crippen molar-refractivity contribution in [2.75, 3.05) is 6.61 Å². The van der Waals surface area contributed by atoms with Gasteiger partial charge in [-0.3, -0.25) is 0 Å². The molecule has 0 spiro atoms. The van der Waals surface area contributed by atoms with E-state index < -0.39 is 0 Å². The maximum atomic E-state index is 8.81. The number of hydrogen-bond acceptors (Lipinski definition) is 4. The molecule has 2 rings (SSSR count). The van der Waals surface area contributed by atoms with E-state index in [1.165, 1.54) is 6.33 Å². The SMILES string of the molecule is OCCc1ccc(Oc2ncncc2Br)cc1. The predicted molar refractivity (Wildman–Crippen MR) is 67.0 cm³/mol. The van der Waals surface area contributed by atoms with Crippen LogP contribution in [0, 0.1) is 0 Å². The Balaban J connectivity index is 2.11. The zero-order valence-electron chi connectivity index (χ0n) is 9.01. The van der Waals surface area contributed by atoms with Crippen LogP contribution in [-0.2, 0) is 6.42 Å². The minimum Gasteiger partial charge on any atom is -0.438 e. The second-order valence-corrected chi connectivity index (χ2v) is 4.25. The molecular formula is C12H11BrN2O2. The third-order valence-electron chi connectivity index (χ3n) is 2.17. The first-order chi connectivity index (χ1) is 8.29. The van der Waals surface area contributed by atoms with E-state index in [1.54, 1.807) is 6.20 Å². The standard InChI is InChI=1S/C12H11BrN2O2/c13-11-7-14-8-15-12(11)17-10-3-1-9(2-4-10)5-6-16/h1-4,7-8,16H,5-6H2. The maximum absolute atomic E-state index is 8.81. The summed E-state index contributed by atoms with van der Waals surface area (Å²) in [5.41, 5.74) is 1.07. The van der Waals surface area contributed by atoms with Crippen LogP contribution >= 0.6 is 15.9 Å². The molecule has 2 aromatic rings. The molecule has 88 valence electrons. The van der Waals surface area contributed by atoms with Crippen molar-refractivity contribution in [3.8, 4) is 11.6 Å². The molecule has 0 atom stereocenters. The Morgan fingerprint density at radius 3 is 2.65 bits per heavy atom. The van der Waals surface area contributed by atoms with Crippen LogP contribution in [0.25, 0.3) is 0 Å². The molecule has 0 saturated carbocycles. The zero-order valence-corrected chi connectivity index (χ0v) is 10.6. The van der Waals surface area contributed by atoms with Gasteiger partial charge in [0.25, 0.3) is 0 Å². The maximum Gasteiger partial charge on any atom is 0.236 e. The van der Waals surface area contributed by atoms with Crippen LogP contribution in [0.3, 0.4) is 0 Å². The number of halogens is 1. The van der Waals surface area contributed by atoms with E-state index in [4.69, 9.17) is 9.84 Å². The summed E-state index contributed by atoms with van der Waals surface area (Å²) in [4.78, 5) is 7.87. The van der Waals surface area contributed by atoms with Crippen molar-refractivity contribution in [3.63, 3.8) is 0 Å². The first-order valence-electron chi connectivity index (χ1n) is 5.13. The van der Waals surface area contributed by atoms with Gasteiger partial charge in [-0.05, 0) is 40.0 Å². The second kappa shape index (κ2) is 5.75. The van der Waals surface area contributed by atoms with E-state index in [-0.39, 0.29) is 6.61 Å². The first-order valence-corrected chi connectivity index (χ1v) is 5.92. The van der Waals surface area contributed by atoms with Crippen molar-refractivity contribution in [3.05, 3.63) is 46.8 Å². The van der Waals surface area contributed by atoms with Gasteiger partial charge in [0.05, 0.1) is 4.47 Å². The van der Waals surface area contributed by atoms with E-state index in [1.807, 2.05) is 24.3 Å². The number of aliphatic hydroxyl groups excluding tert-OH is 1. The average Bonchev–Trinajstić information content (AvgIpc) is 2.35. The molecule has 17 heavy (non-hydrogen) atoms. The summed E-state index contributed by atoms with van der Waals surface area (Å²) in [5, 5.41) is 8.81. The topological polar surface area (TPSA) is 55.2 Å². The number of benzene rings is 1. The molecule has 0 aliphatic carbocycles. The Morgan fingerprint density at radius 1 is 1.24 bits per heavy atom. The van der Waals surface area contributed by atoms with Crippen molar-refractivity contribution in [1.29, 1.82) is 0 Å². The highest BCUT2D eigenvalue weighted by molar-refractivity contribution is 9.10. The highest BCUT2D eigenvalue weighted by atomic mass is 79.9. The van der Waals surface area contributed by atoms with Gasteiger partial charge in [-0.25, -0.2) is 9.97 Å². The van der Waals surface area contributed by atoms with Crippen LogP contribution in [0.5, 0.6) is 11.6 Å². The Hall–Kier alpha value is -1.46. The van der Waals surface area contributed by atoms with Gasteiger partial charge >= 0.3 is 0 Å². The van der Waals surface area contributed by atoms with Gasteiger partial charge in [0, 0.05) is 12.8 Å². The third-order valence-corrected chi connectivity index (χ3v) is 2.72. The highest BCUT2D eigenvalue weighted by Crippen LogP contribution is 2.26. The lowest BCUT2D eigenvalue weighted by Gasteiger charge is -2.06. The Bertz CT molecular complexity index is 488. The summed E-state index contributed by atoms with van der Waals surface area (Å²) in [5.74, 6) is 1.18. The summed E-state index contributed by atoms with van der Waals surface area (Å²) >= 11 is 3.31. The minimum atomic E-state index is 0.150. The molecule has 0 unspecified atom stereocenters. The van der Waals surface area contributed by atoms with Crippen LogP contribution in [0.2, 0.25) is 0 Å². The molecule has 1 aromatic heterocycles. The predicted octanol–water partition coefficient (Wildman–Crippen LogP) is 2.57. The molecule has 0 aliphatic heterocycles. The van der Waals surface area contributed by atoms with E-state index in [0.717, 1.165) is 5.56 Å². The number of rotatable bonds is 4. The fourth-order valence-electron chi connectivity index (χ4n) is 1.34. The van der Waals surface area contributed by atoms with Gasteiger partial charge in [0.1, 0.15) is 12.1 Å². The van der Waals surface area contributed by atoms with Gasteiger partial charge in [0.2, 0.25) is 5.88 Å². The fraction of sp³-hybridized carbons (Fsp3) is 0.167. The van der Waals surface area contributed by atoms with Crippen molar-refractivity contribution in [1.82, 2.24) is 9.97 Å². The molecule has 5 heteroatoms. The van der Waals surface area contributed by atoms with E-state index in [9.17, 15) is 0 Å². The van der Waals surface area contributed by atoms with Crippen LogP contribution in [0.1, 0.15) is 5.56 Å². The van der Waals surface area contributed by atoms with Crippen LogP contribution in [0.4, 0.5) is 0 Å². The van der Waals surface area contributed by atoms with Gasteiger partial charge in [0.15, 0.2) is 0 Å². The van der Waals surface area contributed by atoms with Crippen molar-refractivity contribution >= 4 is 15.9 Å². The fourth-order valence-corrected chi connectivity index (χ4v) is 1.64. The third kappa shape index (κ3) is 3.25. The summed E-state index contributed by atoms with van der Waals surface area (Å²) in [6, 6.07) is 7.53. The summed E-state index contributed by atoms with van der Waals surface area (Å²) in [6.45, 7) is 0.150. The molecular weight excluding hydrogens is 284 g/mol. The monoisotopic (exact) mass is 294 g/mol. The second-order valence-electron chi connectivity index (χ2n) is 3.40. The zero-order chi connectivity index (χ0) is 12.1.